The number of amides is 1. The molecular weight excluding hydrogens is 348 g/mol. The van der Waals surface area contributed by atoms with Crippen LogP contribution in [0.2, 0.25) is 0 Å². The largest absolute Gasteiger partial charge is 0.481 e. The minimum atomic E-state index is -0.741. The van der Waals surface area contributed by atoms with E-state index >= 15 is 0 Å². The molecule has 3 heterocycles. The van der Waals surface area contributed by atoms with Crippen LogP contribution in [0.5, 0.6) is 0 Å². The molecule has 24 heavy (non-hydrogen) atoms. The van der Waals surface area contributed by atoms with E-state index in [1.54, 1.807) is 11.3 Å². The molecule has 7 heteroatoms. The summed E-state index contributed by atoms with van der Waals surface area (Å²) >= 11 is 1.78. The highest BCUT2D eigenvalue weighted by molar-refractivity contribution is 7.10. The summed E-state index contributed by atoms with van der Waals surface area (Å²) in [5, 5.41) is 11.3. The average Bonchev–Trinajstić information content (AvgIpc) is 3.02. The molecule has 1 N–H and O–H groups in total. The topological polar surface area (TPSA) is 60.9 Å². The van der Waals surface area contributed by atoms with Gasteiger partial charge in [-0.15, -0.1) is 23.7 Å². The highest BCUT2D eigenvalue weighted by Crippen LogP contribution is 2.35. The van der Waals surface area contributed by atoms with Crippen molar-refractivity contribution in [3.05, 3.63) is 21.9 Å². The zero-order valence-electron chi connectivity index (χ0n) is 13.9. The molecule has 0 radical (unpaired) electrons. The summed E-state index contributed by atoms with van der Waals surface area (Å²) in [5.41, 5.74) is 1.30. The number of piperidine rings is 1. The summed E-state index contributed by atoms with van der Waals surface area (Å²) in [5.74, 6) is -0.933. The first-order valence-corrected chi connectivity index (χ1v) is 9.29. The monoisotopic (exact) mass is 372 g/mol. The van der Waals surface area contributed by atoms with Crippen LogP contribution in [0, 0.1) is 5.92 Å². The summed E-state index contributed by atoms with van der Waals surface area (Å²) in [7, 11) is 0. The Hall–Kier alpha value is -1.11. The summed E-state index contributed by atoms with van der Waals surface area (Å²) in [4.78, 5) is 29.4. The number of carbonyl (C=O) groups excluding carboxylic acids is 1. The Kier molecular flexibility index (Phi) is 6.66. The van der Waals surface area contributed by atoms with Gasteiger partial charge in [0.05, 0.1) is 18.5 Å². The van der Waals surface area contributed by atoms with Crippen molar-refractivity contribution >= 4 is 35.6 Å². The number of carboxylic acids is 1. The van der Waals surface area contributed by atoms with Gasteiger partial charge in [0.2, 0.25) is 5.91 Å². The fourth-order valence-corrected chi connectivity index (χ4v) is 4.75. The Labute approximate surface area is 153 Å². The number of carbonyl (C=O) groups is 2. The van der Waals surface area contributed by atoms with E-state index in [2.05, 4.69) is 18.4 Å². The Balaban J connectivity index is 0.00000208. The molecule has 1 fully saturated rings. The van der Waals surface area contributed by atoms with Crippen molar-refractivity contribution in [2.45, 2.75) is 38.6 Å². The first-order valence-electron chi connectivity index (χ1n) is 8.41. The number of likely N-dealkylation sites (tertiary alicyclic amines) is 1. The second-order valence-corrected chi connectivity index (χ2v) is 7.47. The zero-order valence-corrected chi connectivity index (χ0v) is 15.6. The van der Waals surface area contributed by atoms with E-state index in [0.717, 1.165) is 38.8 Å². The number of hydrogen-bond donors (Lipinski definition) is 1. The third-order valence-electron chi connectivity index (χ3n) is 5.02. The Morgan fingerprint density at radius 2 is 2.17 bits per heavy atom. The Morgan fingerprint density at radius 1 is 1.38 bits per heavy atom. The van der Waals surface area contributed by atoms with Crippen LogP contribution in [-0.4, -0.2) is 53.0 Å². The van der Waals surface area contributed by atoms with Gasteiger partial charge in [-0.3, -0.25) is 14.5 Å². The maximum absolute atomic E-state index is 12.8. The molecule has 2 unspecified atom stereocenters. The maximum atomic E-state index is 12.8. The van der Waals surface area contributed by atoms with Crippen LogP contribution >= 0.6 is 23.7 Å². The SMILES string of the molecule is CCC1c2ccsc2CCN1C(=O)CN1CCCC(C(=O)O)C1.Cl. The summed E-state index contributed by atoms with van der Waals surface area (Å²) in [6.07, 6.45) is 3.44. The van der Waals surface area contributed by atoms with E-state index in [-0.39, 0.29) is 30.3 Å². The lowest BCUT2D eigenvalue weighted by Gasteiger charge is -2.38. The fraction of sp³-hybridized carbons (Fsp3) is 0.647. The molecule has 3 rings (SSSR count). The smallest absolute Gasteiger partial charge is 0.307 e. The van der Waals surface area contributed by atoms with Crippen molar-refractivity contribution in [2.24, 2.45) is 5.92 Å². The van der Waals surface area contributed by atoms with E-state index in [1.165, 1.54) is 10.4 Å². The Bertz CT molecular complexity index is 592. The fourth-order valence-electron chi connectivity index (χ4n) is 3.82. The van der Waals surface area contributed by atoms with Crippen molar-refractivity contribution in [3.8, 4) is 0 Å². The molecule has 134 valence electrons. The van der Waals surface area contributed by atoms with E-state index in [9.17, 15) is 14.7 Å². The summed E-state index contributed by atoms with van der Waals surface area (Å²) in [6.45, 7) is 4.57. The number of nitrogens with zero attached hydrogens (tertiary/aromatic N) is 2. The lowest BCUT2D eigenvalue weighted by atomic mass is 9.96. The molecule has 1 aromatic rings. The second-order valence-electron chi connectivity index (χ2n) is 6.47. The predicted octanol–water partition coefficient (Wildman–Crippen LogP) is 2.80. The Morgan fingerprint density at radius 3 is 2.88 bits per heavy atom. The molecule has 2 atom stereocenters. The van der Waals surface area contributed by atoms with Crippen LogP contribution in [0.15, 0.2) is 11.4 Å². The van der Waals surface area contributed by atoms with E-state index < -0.39 is 5.97 Å². The molecule has 1 amide bonds. The zero-order chi connectivity index (χ0) is 16.4. The third-order valence-corrected chi connectivity index (χ3v) is 6.01. The van der Waals surface area contributed by atoms with Gasteiger partial charge in [-0.25, -0.2) is 0 Å². The molecule has 0 spiro atoms. The molecule has 0 saturated carbocycles. The minimum absolute atomic E-state index is 0. The number of aliphatic carboxylic acids is 1. The molecule has 2 aliphatic heterocycles. The highest BCUT2D eigenvalue weighted by Gasteiger charge is 2.32. The number of fused-ring (bicyclic) bond motifs is 1. The van der Waals surface area contributed by atoms with Gasteiger partial charge in [-0.1, -0.05) is 6.92 Å². The maximum Gasteiger partial charge on any atom is 0.307 e. The van der Waals surface area contributed by atoms with Gasteiger partial charge in [-0.05, 0) is 49.2 Å². The second kappa shape index (κ2) is 8.32. The normalized spacial score (nSPS) is 24.1. The van der Waals surface area contributed by atoms with Crippen LogP contribution < -0.4 is 0 Å². The van der Waals surface area contributed by atoms with Gasteiger partial charge in [0.15, 0.2) is 0 Å². The van der Waals surface area contributed by atoms with Gasteiger partial charge in [0.25, 0.3) is 0 Å². The molecule has 1 saturated heterocycles. The van der Waals surface area contributed by atoms with Crippen LogP contribution in [0.25, 0.3) is 0 Å². The van der Waals surface area contributed by atoms with Crippen LogP contribution in [-0.2, 0) is 16.0 Å². The van der Waals surface area contributed by atoms with Gasteiger partial charge in [-0.2, -0.15) is 0 Å². The van der Waals surface area contributed by atoms with Crippen LogP contribution in [0.1, 0.15) is 42.7 Å². The third kappa shape index (κ3) is 3.92. The van der Waals surface area contributed by atoms with Gasteiger partial charge < -0.3 is 10.0 Å². The molecule has 0 aliphatic carbocycles. The lowest BCUT2D eigenvalue weighted by Crippen LogP contribution is -2.47. The van der Waals surface area contributed by atoms with E-state index in [0.29, 0.717) is 13.1 Å². The van der Waals surface area contributed by atoms with Gasteiger partial charge >= 0.3 is 5.97 Å². The van der Waals surface area contributed by atoms with Crippen molar-refractivity contribution in [3.63, 3.8) is 0 Å². The average molecular weight is 373 g/mol. The van der Waals surface area contributed by atoms with Crippen LogP contribution in [0.3, 0.4) is 0 Å². The minimum Gasteiger partial charge on any atom is -0.481 e. The molecule has 1 aromatic heterocycles. The van der Waals surface area contributed by atoms with Crippen molar-refractivity contribution in [1.29, 1.82) is 0 Å². The van der Waals surface area contributed by atoms with Crippen molar-refractivity contribution < 1.29 is 14.7 Å². The van der Waals surface area contributed by atoms with Crippen LogP contribution in [0.4, 0.5) is 0 Å². The number of carboxylic acid groups (broad SMARTS) is 1. The molecular formula is C17H25ClN2O3S. The van der Waals surface area contributed by atoms with Gasteiger partial charge in [0.1, 0.15) is 0 Å². The predicted molar refractivity (Wildman–Crippen MR) is 96.8 cm³/mol. The van der Waals surface area contributed by atoms with Gasteiger partial charge in [0, 0.05) is 18.0 Å². The van der Waals surface area contributed by atoms with Crippen molar-refractivity contribution in [2.75, 3.05) is 26.2 Å². The van der Waals surface area contributed by atoms with E-state index in [4.69, 9.17) is 0 Å². The lowest BCUT2D eigenvalue weighted by molar-refractivity contribution is -0.145. The first-order chi connectivity index (χ1) is 11.1. The first kappa shape index (κ1) is 19.2. The quantitative estimate of drug-likeness (QED) is 0.882. The van der Waals surface area contributed by atoms with Crippen molar-refractivity contribution in [1.82, 2.24) is 9.80 Å². The van der Waals surface area contributed by atoms with E-state index in [1.807, 2.05) is 9.80 Å². The standard InChI is InChI=1S/C17H24N2O3S.ClH/c1-2-14-13-6-9-23-15(13)5-8-19(14)16(20)11-18-7-3-4-12(10-18)17(21)22;/h6,9,12,14H,2-5,7-8,10-11H2,1H3,(H,21,22);1H. The summed E-state index contributed by atoms with van der Waals surface area (Å²) < 4.78 is 0. The number of hydrogen-bond acceptors (Lipinski definition) is 4. The molecule has 2 aliphatic rings. The summed E-state index contributed by atoms with van der Waals surface area (Å²) in [6, 6.07) is 2.33. The number of thiophene rings is 1. The highest BCUT2D eigenvalue weighted by atomic mass is 35.5. The molecule has 0 aromatic carbocycles. The molecule has 0 bridgehead atoms. The number of halogens is 1. The number of rotatable bonds is 4. The molecule has 5 nitrogen and oxygen atoms in total.